The van der Waals surface area contributed by atoms with Gasteiger partial charge in [-0.3, -0.25) is 9.59 Å². The number of hydrogen-bond acceptors (Lipinski definition) is 5. The van der Waals surface area contributed by atoms with E-state index in [1.807, 2.05) is 69.0 Å². The normalized spacial score (nSPS) is 14.4. The molecule has 7 nitrogen and oxygen atoms in total. The number of rotatable bonds is 5. The van der Waals surface area contributed by atoms with Gasteiger partial charge in [0.05, 0.1) is 22.4 Å². The van der Waals surface area contributed by atoms with Crippen LogP contribution in [0.25, 0.3) is 11.0 Å². The Morgan fingerprint density at radius 2 is 1.70 bits per heavy atom. The fourth-order valence-corrected chi connectivity index (χ4v) is 4.07. The third-order valence-corrected chi connectivity index (χ3v) is 6.38. The van der Waals surface area contributed by atoms with Crippen molar-refractivity contribution in [2.75, 3.05) is 19.7 Å². The van der Waals surface area contributed by atoms with Gasteiger partial charge in [0.15, 0.2) is 6.61 Å². The number of aryl methyl sites for hydroxylation is 3. The average Bonchev–Trinajstić information content (AvgIpc) is 2.80. The van der Waals surface area contributed by atoms with E-state index in [0.717, 1.165) is 39.3 Å². The molecule has 3 aromatic rings. The van der Waals surface area contributed by atoms with Gasteiger partial charge >= 0.3 is 0 Å². The van der Waals surface area contributed by atoms with Gasteiger partial charge in [-0.25, -0.2) is 9.97 Å². The van der Waals surface area contributed by atoms with E-state index in [9.17, 15) is 9.59 Å². The standard InChI is InChI=1S/C26H30N4O3/c1-16-6-5-7-24(17(16)2)33-15-25(31)29-21-10-12-30(13-11-21)26(32)20-8-9-22-23(14-20)28-19(4)18(3)27-22/h5-9,14,21H,10-13,15H2,1-4H3,(H,29,31). The Balaban J connectivity index is 1.30. The van der Waals surface area contributed by atoms with Crippen LogP contribution in [-0.4, -0.2) is 52.4 Å². The van der Waals surface area contributed by atoms with Crippen LogP contribution in [0.15, 0.2) is 36.4 Å². The number of carbonyl (C=O) groups excluding carboxylic acids is 2. The van der Waals surface area contributed by atoms with E-state index in [1.165, 1.54) is 0 Å². The summed E-state index contributed by atoms with van der Waals surface area (Å²) in [4.78, 5) is 36.3. The Morgan fingerprint density at radius 3 is 2.42 bits per heavy atom. The largest absolute Gasteiger partial charge is 0.483 e. The summed E-state index contributed by atoms with van der Waals surface area (Å²) in [5.74, 6) is 0.579. The minimum atomic E-state index is -0.139. The molecule has 1 aliphatic heterocycles. The van der Waals surface area contributed by atoms with Crippen LogP contribution in [0.3, 0.4) is 0 Å². The number of amides is 2. The first kappa shape index (κ1) is 22.7. The van der Waals surface area contributed by atoms with Crippen molar-refractivity contribution in [2.45, 2.75) is 46.6 Å². The molecule has 1 aromatic heterocycles. The Hall–Kier alpha value is -3.48. The summed E-state index contributed by atoms with van der Waals surface area (Å²) in [6.45, 7) is 9.03. The molecule has 1 fully saturated rings. The molecule has 2 heterocycles. The Labute approximate surface area is 194 Å². The first-order chi connectivity index (χ1) is 15.8. The number of aromatic nitrogens is 2. The van der Waals surface area contributed by atoms with E-state index in [4.69, 9.17) is 4.74 Å². The molecule has 0 aliphatic carbocycles. The lowest BCUT2D eigenvalue weighted by Crippen LogP contribution is -2.47. The van der Waals surface area contributed by atoms with E-state index >= 15 is 0 Å². The molecule has 7 heteroatoms. The van der Waals surface area contributed by atoms with Crippen LogP contribution in [0.2, 0.25) is 0 Å². The van der Waals surface area contributed by atoms with Crippen molar-refractivity contribution in [2.24, 2.45) is 0 Å². The van der Waals surface area contributed by atoms with Gasteiger partial charge in [0.1, 0.15) is 5.75 Å². The number of likely N-dealkylation sites (tertiary alicyclic amines) is 1. The summed E-state index contributed by atoms with van der Waals surface area (Å²) in [6.07, 6.45) is 1.43. The Kier molecular flexibility index (Phi) is 6.58. The number of hydrogen-bond donors (Lipinski definition) is 1. The van der Waals surface area contributed by atoms with E-state index in [1.54, 1.807) is 0 Å². The monoisotopic (exact) mass is 446 g/mol. The van der Waals surface area contributed by atoms with Crippen LogP contribution in [-0.2, 0) is 4.79 Å². The van der Waals surface area contributed by atoms with Gasteiger partial charge in [0.25, 0.3) is 11.8 Å². The lowest BCUT2D eigenvalue weighted by molar-refractivity contribution is -0.124. The zero-order valence-corrected chi connectivity index (χ0v) is 19.6. The highest BCUT2D eigenvalue weighted by atomic mass is 16.5. The summed E-state index contributed by atoms with van der Waals surface area (Å²) in [5, 5.41) is 3.04. The van der Waals surface area contributed by atoms with Crippen LogP contribution >= 0.6 is 0 Å². The first-order valence-electron chi connectivity index (χ1n) is 11.3. The lowest BCUT2D eigenvalue weighted by Gasteiger charge is -2.32. The highest BCUT2D eigenvalue weighted by Gasteiger charge is 2.25. The predicted molar refractivity (Wildman–Crippen MR) is 127 cm³/mol. The predicted octanol–water partition coefficient (Wildman–Crippen LogP) is 3.66. The Morgan fingerprint density at radius 1 is 1.00 bits per heavy atom. The maximum absolute atomic E-state index is 13.0. The molecule has 172 valence electrons. The molecule has 0 bridgehead atoms. The molecule has 4 rings (SSSR count). The fourth-order valence-electron chi connectivity index (χ4n) is 4.07. The molecule has 0 spiro atoms. The van der Waals surface area contributed by atoms with Crippen molar-refractivity contribution in [3.05, 3.63) is 64.5 Å². The van der Waals surface area contributed by atoms with Crippen molar-refractivity contribution in [1.29, 1.82) is 0 Å². The average molecular weight is 447 g/mol. The maximum Gasteiger partial charge on any atom is 0.258 e. The van der Waals surface area contributed by atoms with Gasteiger partial charge in [-0.1, -0.05) is 12.1 Å². The third kappa shape index (κ3) is 5.13. The maximum atomic E-state index is 13.0. The van der Waals surface area contributed by atoms with Gasteiger partial charge in [0.2, 0.25) is 0 Å². The van der Waals surface area contributed by atoms with Crippen molar-refractivity contribution in [3.8, 4) is 5.75 Å². The topological polar surface area (TPSA) is 84.4 Å². The van der Waals surface area contributed by atoms with Crippen molar-refractivity contribution in [3.63, 3.8) is 0 Å². The van der Waals surface area contributed by atoms with E-state index in [2.05, 4.69) is 15.3 Å². The SMILES string of the molecule is Cc1cccc(OCC(=O)NC2CCN(C(=O)c3ccc4nc(C)c(C)nc4c3)CC2)c1C. The smallest absolute Gasteiger partial charge is 0.258 e. The molecule has 0 atom stereocenters. The van der Waals surface area contributed by atoms with E-state index < -0.39 is 0 Å². The zero-order valence-electron chi connectivity index (χ0n) is 19.6. The summed E-state index contributed by atoms with van der Waals surface area (Å²) < 4.78 is 5.70. The van der Waals surface area contributed by atoms with Crippen LogP contribution in [0.1, 0.15) is 45.7 Å². The van der Waals surface area contributed by atoms with E-state index in [-0.39, 0.29) is 24.5 Å². The molecule has 0 unspecified atom stereocenters. The summed E-state index contributed by atoms with van der Waals surface area (Å²) in [7, 11) is 0. The molecular formula is C26H30N4O3. The van der Waals surface area contributed by atoms with Crippen LogP contribution in [0.5, 0.6) is 5.75 Å². The van der Waals surface area contributed by atoms with Crippen LogP contribution in [0, 0.1) is 27.7 Å². The fraction of sp³-hybridized carbons (Fsp3) is 0.385. The van der Waals surface area contributed by atoms with Gasteiger partial charge in [-0.05, 0) is 75.9 Å². The van der Waals surface area contributed by atoms with Crippen LogP contribution < -0.4 is 10.1 Å². The van der Waals surface area contributed by atoms with Gasteiger partial charge in [0, 0.05) is 24.7 Å². The van der Waals surface area contributed by atoms with Crippen molar-refractivity contribution >= 4 is 22.8 Å². The molecule has 0 saturated carbocycles. The molecule has 1 N–H and O–H groups in total. The minimum Gasteiger partial charge on any atom is -0.483 e. The van der Waals surface area contributed by atoms with E-state index in [0.29, 0.717) is 31.5 Å². The number of ether oxygens (including phenoxy) is 1. The summed E-state index contributed by atoms with van der Waals surface area (Å²) in [6, 6.07) is 11.3. The molecule has 2 aromatic carbocycles. The second-order valence-electron chi connectivity index (χ2n) is 8.72. The number of fused-ring (bicyclic) bond motifs is 1. The Bertz CT molecular complexity index is 1200. The number of nitrogens with one attached hydrogen (secondary N) is 1. The number of nitrogens with zero attached hydrogens (tertiary/aromatic N) is 3. The highest BCUT2D eigenvalue weighted by Crippen LogP contribution is 2.21. The van der Waals surface area contributed by atoms with Crippen LogP contribution in [0.4, 0.5) is 0 Å². The zero-order chi connectivity index (χ0) is 23.5. The molecule has 1 saturated heterocycles. The molecule has 33 heavy (non-hydrogen) atoms. The molecule has 2 amide bonds. The lowest BCUT2D eigenvalue weighted by atomic mass is 10.0. The number of benzene rings is 2. The third-order valence-electron chi connectivity index (χ3n) is 6.38. The summed E-state index contributed by atoms with van der Waals surface area (Å²) >= 11 is 0. The minimum absolute atomic E-state index is 0.0134. The second kappa shape index (κ2) is 9.57. The number of carbonyl (C=O) groups is 2. The van der Waals surface area contributed by atoms with Crippen molar-refractivity contribution in [1.82, 2.24) is 20.2 Å². The van der Waals surface area contributed by atoms with Crippen molar-refractivity contribution < 1.29 is 14.3 Å². The molecule has 0 radical (unpaired) electrons. The summed E-state index contributed by atoms with van der Waals surface area (Å²) in [5.41, 5.74) is 6.07. The van der Waals surface area contributed by atoms with Gasteiger partial charge < -0.3 is 15.0 Å². The van der Waals surface area contributed by atoms with Gasteiger partial charge in [-0.15, -0.1) is 0 Å². The quantitative estimate of drug-likeness (QED) is 0.647. The number of piperidine rings is 1. The molecule has 1 aliphatic rings. The molecular weight excluding hydrogens is 416 g/mol. The van der Waals surface area contributed by atoms with Gasteiger partial charge in [-0.2, -0.15) is 0 Å². The first-order valence-corrected chi connectivity index (χ1v) is 11.3. The second-order valence-corrected chi connectivity index (χ2v) is 8.72. The highest BCUT2D eigenvalue weighted by molar-refractivity contribution is 5.97.